The molecule has 3 nitrogen and oxygen atoms in total. The maximum absolute atomic E-state index is 14.4. The van der Waals surface area contributed by atoms with Crippen LogP contribution in [-0.2, 0) is 14.2 Å². The molecule has 0 spiro atoms. The lowest BCUT2D eigenvalue weighted by molar-refractivity contribution is -0.145. The van der Waals surface area contributed by atoms with E-state index in [4.69, 9.17) is 14.2 Å². The molecule has 0 amide bonds. The van der Waals surface area contributed by atoms with Gasteiger partial charge in [-0.3, -0.25) is 0 Å². The number of allylic oxidation sites excluding steroid dienone is 4. The molecule has 0 saturated heterocycles. The first-order valence-corrected chi connectivity index (χ1v) is 12.0. The Bertz CT molecular complexity index is 549. The molecule has 0 aromatic carbocycles. The van der Waals surface area contributed by atoms with E-state index in [1.54, 1.807) is 0 Å². The van der Waals surface area contributed by atoms with Gasteiger partial charge in [-0.25, -0.2) is 8.78 Å². The Kier molecular flexibility index (Phi) is 16.7. The summed E-state index contributed by atoms with van der Waals surface area (Å²) >= 11 is 0. The van der Waals surface area contributed by atoms with Gasteiger partial charge in [0.15, 0.2) is 17.9 Å². The molecule has 2 unspecified atom stereocenters. The van der Waals surface area contributed by atoms with E-state index in [9.17, 15) is 8.78 Å². The Morgan fingerprint density at radius 2 is 1.61 bits per heavy atom. The molecule has 0 bridgehead atoms. The highest BCUT2D eigenvalue weighted by Crippen LogP contribution is 2.32. The Hall–Kier alpha value is -1.20. The van der Waals surface area contributed by atoms with Gasteiger partial charge in [-0.15, -0.1) is 6.58 Å². The van der Waals surface area contributed by atoms with E-state index >= 15 is 0 Å². The molecule has 182 valence electrons. The van der Waals surface area contributed by atoms with Crippen molar-refractivity contribution in [2.45, 2.75) is 92.8 Å². The lowest BCUT2D eigenvalue weighted by atomic mass is 9.80. The van der Waals surface area contributed by atoms with Crippen LogP contribution >= 0.6 is 0 Å². The molecule has 5 heteroatoms. The van der Waals surface area contributed by atoms with Crippen LogP contribution in [0.15, 0.2) is 35.6 Å². The highest BCUT2D eigenvalue weighted by Gasteiger charge is 2.22. The summed E-state index contributed by atoms with van der Waals surface area (Å²) in [6.45, 7) is 15.7. The second-order valence-corrected chi connectivity index (χ2v) is 8.16. The summed E-state index contributed by atoms with van der Waals surface area (Å²) in [5, 5.41) is 0. The molecule has 1 aliphatic carbocycles. The molecule has 0 N–H and O–H groups in total. The Balaban J connectivity index is 0.00000436. The predicted molar refractivity (Wildman–Crippen MR) is 126 cm³/mol. The van der Waals surface area contributed by atoms with Crippen LogP contribution in [0, 0.1) is 17.8 Å². The number of hydrogen-bond donors (Lipinski definition) is 0. The fourth-order valence-corrected chi connectivity index (χ4v) is 3.85. The van der Waals surface area contributed by atoms with Crippen molar-refractivity contribution < 1.29 is 23.0 Å². The van der Waals surface area contributed by atoms with Crippen molar-refractivity contribution in [3.63, 3.8) is 0 Å². The molecular formula is C26H46F2O3. The molecule has 1 saturated carbocycles. The van der Waals surface area contributed by atoms with Crippen LogP contribution in [0.2, 0.25) is 0 Å². The quantitative estimate of drug-likeness (QED) is 0.124. The third-order valence-electron chi connectivity index (χ3n) is 5.96. The van der Waals surface area contributed by atoms with Crippen molar-refractivity contribution in [1.82, 2.24) is 0 Å². The molecule has 1 aliphatic rings. The van der Waals surface area contributed by atoms with E-state index in [1.165, 1.54) is 46.1 Å². The zero-order valence-electron chi connectivity index (χ0n) is 20.9. The zero-order chi connectivity index (χ0) is 23.8. The van der Waals surface area contributed by atoms with Gasteiger partial charge in [-0.2, -0.15) is 0 Å². The number of halogens is 2. The van der Waals surface area contributed by atoms with Crippen molar-refractivity contribution in [3.05, 3.63) is 35.6 Å². The molecule has 1 fully saturated rings. The molecule has 31 heavy (non-hydrogen) atoms. The average Bonchev–Trinajstić information content (AvgIpc) is 2.81. The van der Waals surface area contributed by atoms with Crippen LogP contribution in [0.25, 0.3) is 0 Å². The largest absolute Gasteiger partial charge is 0.498 e. The first-order valence-electron chi connectivity index (χ1n) is 12.0. The van der Waals surface area contributed by atoms with Gasteiger partial charge in [0.05, 0.1) is 20.3 Å². The van der Waals surface area contributed by atoms with E-state index in [2.05, 4.69) is 6.58 Å². The Morgan fingerprint density at radius 3 is 2.13 bits per heavy atom. The van der Waals surface area contributed by atoms with Gasteiger partial charge in [0, 0.05) is 5.92 Å². The molecule has 0 radical (unpaired) electrons. The summed E-state index contributed by atoms with van der Waals surface area (Å²) < 4.78 is 44.9. The third kappa shape index (κ3) is 11.3. The molecule has 0 aromatic rings. The first-order chi connectivity index (χ1) is 14.8. The molecule has 0 aliphatic heterocycles. The lowest BCUT2D eigenvalue weighted by Crippen LogP contribution is -2.24. The second kappa shape index (κ2) is 17.4. The summed E-state index contributed by atoms with van der Waals surface area (Å²) in [7, 11) is 1.33. The molecule has 2 atom stereocenters. The van der Waals surface area contributed by atoms with Crippen LogP contribution in [0.1, 0.15) is 86.5 Å². The van der Waals surface area contributed by atoms with E-state index in [-0.39, 0.29) is 24.6 Å². The zero-order valence-corrected chi connectivity index (χ0v) is 20.9. The van der Waals surface area contributed by atoms with Crippen LogP contribution < -0.4 is 0 Å². The minimum Gasteiger partial charge on any atom is -0.498 e. The van der Waals surface area contributed by atoms with Crippen molar-refractivity contribution in [1.29, 1.82) is 0 Å². The van der Waals surface area contributed by atoms with Gasteiger partial charge < -0.3 is 14.2 Å². The van der Waals surface area contributed by atoms with E-state index < -0.39 is 11.7 Å². The van der Waals surface area contributed by atoms with Crippen LogP contribution in [0.4, 0.5) is 8.78 Å². The minimum atomic E-state index is -0.941. The van der Waals surface area contributed by atoms with Crippen LogP contribution in [-0.4, -0.2) is 26.6 Å². The predicted octanol–water partition coefficient (Wildman–Crippen LogP) is 8.28. The van der Waals surface area contributed by atoms with Crippen molar-refractivity contribution >= 4 is 0 Å². The first kappa shape index (κ1) is 29.8. The van der Waals surface area contributed by atoms with E-state index in [1.807, 2.05) is 40.7 Å². The fraction of sp³-hybridized carbons (Fsp3) is 0.769. The summed E-state index contributed by atoms with van der Waals surface area (Å²) in [5.74, 6) is -0.685. The normalized spacial score (nSPS) is 22.4. The number of rotatable bonds is 13. The number of ether oxygens (including phenoxy) is 3. The van der Waals surface area contributed by atoms with Gasteiger partial charge in [0.2, 0.25) is 0 Å². The summed E-state index contributed by atoms with van der Waals surface area (Å²) in [5.41, 5.74) is 0.393. The van der Waals surface area contributed by atoms with E-state index in [0.717, 1.165) is 12.3 Å². The fourth-order valence-electron chi connectivity index (χ4n) is 3.85. The van der Waals surface area contributed by atoms with E-state index in [0.29, 0.717) is 24.5 Å². The van der Waals surface area contributed by atoms with Gasteiger partial charge >= 0.3 is 0 Å². The molecule has 1 rings (SSSR count). The van der Waals surface area contributed by atoms with Crippen molar-refractivity contribution in [2.75, 3.05) is 20.3 Å². The second-order valence-electron chi connectivity index (χ2n) is 8.16. The maximum atomic E-state index is 14.4. The van der Waals surface area contributed by atoms with Crippen LogP contribution in [0.5, 0.6) is 0 Å². The Labute approximate surface area is 189 Å². The topological polar surface area (TPSA) is 27.7 Å². The number of hydrogen-bond acceptors (Lipinski definition) is 3. The smallest absolute Gasteiger partial charge is 0.195 e. The van der Waals surface area contributed by atoms with Gasteiger partial charge in [-0.05, 0) is 63.4 Å². The van der Waals surface area contributed by atoms with Crippen molar-refractivity contribution in [2.24, 2.45) is 17.8 Å². The van der Waals surface area contributed by atoms with Gasteiger partial charge in [-0.1, -0.05) is 46.6 Å². The number of methoxy groups -OCH3 is 1. The monoisotopic (exact) mass is 444 g/mol. The van der Waals surface area contributed by atoms with Gasteiger partial charge in [0.25, 0.3) is 0 Å². The third-order valence-corrected chi connectivity index (χ3v) is 5.96. The maximum Gasteiger partial charge on any atom is 0.195 e. The van der Waals surface area contributed by atoms with Crippen molar-refractivity contribution in [3.8, 4) is 0 Å². The summed E-state index contributed by atoms with van der Waals surface area (Å²) in [4.78, 5) is 0. The molecule has 0 aromatic heterocycles. The SMILES string of the molecule is C=CCCC1CCC(COC(C)OCC(C)/C(CC)=C(F)/C(F)=C(\C)OC)CC1.CC. The average molecular weight is 445 g/mol. The summed E-state index contributed by atoms with van der Waals surface area (Å²) in [6.07, 6.45) is 9.32. The highest BCUT2D eigenvalue weighted by molar-refractivity contribution is 5.28. The minimum absolute atomic E-state index is 0.0579. The highest BCUT2D eigenvalue weighted by atomic mass is 19.2. The lowest BCUT2D eigenvalue weighted by Gasteiger charge is -2.29. The van der Waals surface area contributed by atoms with Gasteiger partial charge in [0.1, 0.15) is 5.76 Å². The summed E-state index contributed by atoms with van der Waals surface area (Å²) in [6, 6.07) is 0. The standard InChI is InChI=1S/C24H40F2O3.C2H6/c1-7-9-10-20-11-13-21(14-12-20)16-29-19(5)28-15-17(3)22(8-2)24(26)23(25)18(4)27-6;1-2/h7,17,19-21H,1,8-16H2,2-6H3;1-2H3/b23-18-,24-22-;. The molecular weight excluding hydrogens is 398 g/mol. The van der Waals surface area contributed by atoms with Crippen LogP contribution in [0.3, 0.4) is 0 Å². The molecule has 0 heterocycles. The Morgan fingerprint density at radius 1 is 1.03 bits per heavy atom.